The van der Waals surface area contributed by atoms with Crippen LogP contribution in [-0.4, -0.2) is 25.2 Å². The van der Waals surface area contributed by atoms with Crippen LogP contribution < -0.4 is 0 Å². The van der Waals surface area contributed by atoms with Crippen LogP contribution in [-0.2, 0) is 14.3 Å². The molecule has 0 aliphatic heterocycles. The second kappa shape index (κ2) is 7.71. The summed E-state index contributed by atoms with van der Waals surface area (Å²) >= 11 is 0. The zero-order valence-corrected chi connectivity index (χ0v) is 16.9. The number of allylic oxidation sites excluding steroid dienone is 2. The Balaban J connectivity index is 5.59. The van der Waals surface area contributed by atoms with E-state index in [0.717, 1.165) is 16.7 Å². The van der Waals surface area contributed by atoms with Gasteiger partial charge in [0.15, 0.2) is 0 Å². The molecular weight excluding hydrogens is 299 g/mol. The molecule has 0 aromatic carbocycles. The molecule has 0 aliphatic rings. The molecule has 0 aliphatic carbocycles. The number of hydrogen-bond acceptors (Lipinski definition) is 3. The Kier molecular flexibility index (Phi) is 7.29. The predicted octanol–water partition coefficient (Wildman–Crippen LogP) is 4.82. The van der Waals surface area contributed by atoms with Crippen molar-refractivity contribution in [2.45, 2.75) is 80.7 Å². The van der Waals surface area contributed by atoms with Gasteiger partial charge in [-0.05, 0) is 60.5 Å². The summed E-state index contributed by atoms with van der Waals surface area (Å²) < 4.78 is 5.74. The van der Waals surface area contributed by atoms with E-state index in [0.29, 0.717) is 0 Å². The number of ether oxygens (including phenoxy) is 1. The molecule has 0 fully saturated rings. The van der Waals surface area contributed by atoms with Gasteiger partial charge in [0, 0.05) is 5.41 Å². The Morgan fingerprint density at radius 1 is 0.917 bits per heavy atom. The van der Waals surface area contributed by atoms with Gasteiger partial charge in [-0.3, -0.25) is 9.59 Å². The van der Waals surface area contributed by atoms with Crippen molar-refractivity contribution in [2.75, 3.05) is 0 Å². The Hall–Kier alpha value is -1.32. The maximum Gasteiger partial charge on any atom is 0.319 e. The van der Waals surface area contributed by atoms with Crippen molar-refractivity contribution in [3.8, 4) is 0 Å². The molecule has 0 heterocycles. The first kappa shape index (κ1) is 22.7. The molecule has 0 amide bonds. The lowest BCUT2D eigenvalue weighted by atomic mass is 9.75. The predicted molar refractivity (Wildman–Crippen MR) is 101 cm³/mol. The van der Waals surface area contributed by atoms with Gasteiger partial charge >= 0.3 is 5.97 Å². The van der Waals surface area contributed by atoms with E-state index in [1.807, 2.05) is 34.6 Å². The largest absolute Gasteiger partial charge is 0.454 e. The first-order valence-corrected chi connectivity index (χ1v) is 8.43. The number of rotatable bonds is 8. The number of Topliss-reactive ketones (excluding diaryl/α,β-unsaturated/α-hetero) is 1. The number of esters is 1. The van der Waals surface area contributed by atoms with Gasteiger partial charge < -0.3 is 4.74 Å². The Morgan fingerprint density at radius 3 is 1.75 bits per heavy atom. The number of carbonyl (C=O) groups excluding carboxylic acids is 2. The molecule has 0 saturated heterocycles. The second-order valence-electron chi connectivity index (χ2n) is 8.14. The van der Waals surface area contributed by atoms with E-state index in [1.165, 1.54) is 0 Å². The summed E-state index contributed by atoms with van der Waals surface area (Å²) in [5, 5.41) is 0. The SMILES string of the molecule is [B]CCC(=O)C(C)(C)C(=O)OC(C)(C)/C(C)=C(/C)C(C)(C)C(=C)C. The lowest BCUT2D eigenvalue weighted by Gasteiger charge is -2.36. The van der Waals surface area contributed by atoms with Crippen LogP contribution in [0.1, 0.15) is 68.7 Å². The Labute approximate surface area is 149 Å². The fourth-order valence-corrected chi connectivity index (χ4v) is 2.23. The third kappa shape index (κ3) is 4.84. The fourth-order valence-electron chi connectivity index (χ4n) is 2.23. The van der Waals surface area contributed by atoms with Gasteiger partial charge in [0.1, 0.15) is 16.8 Å². The van der Waals surface area contributed by atoms with Crippen molar-refractivity contribution >= 4 is 19.6 Å². The van der Waals surface area contributed by atoms with Gasteiger partial charge in [0.05, 0.1) is 7.85 Å². The molecule has 24 heavy (non-hydrogen) atoms. The van der Waals surface area contributed by atoms with Crippen molar-refractivity contribution in [2.24, 2.45) is 10.8 Å². The lowest BCUT2D eigenvalue weighted by molar-refractivity contribution is -0.167. The molecule has 0 aromatic heterocycles. The van der Waals surface area contributed by atoms with E-state index >= 15 is 0 Å². The van der Waals surface area contributed by atoms with E-state index in [1.54, 1.807) is 13.8 Å². The van der Waals surface area contributed by atoms with Gasteiger partial charge in [-0.15, -0.1) is 0 Å². The highest BCUT2D eigenvalue weighted by atomic mass is 16.6. The molecule has 0 spiro atoms. The van der Waals surface area contributed by atoms with Crippen LogP contribution in [0.4, 0.5) is 0 Å². The molecule has 4 heteroatoms. The molecule has 0 saturated carbocycles. The molecule has 2 radical (unpaired) electrons. The summed E-state index contributed by atoms with van der Waals surface area (Å²) in [5.41, 5.74) is 0.909. The van der Waals surface area contributed by atoms with Gasteiger partial charge in [-0.1, -0.05) is 37.9 Å². The minimum absolute atomic E-state index is 0.166. The third-order valence-corrected chi connectivity index (χ3v) is 5.40. The normalized spacial score (nSPS) is 14.0. The first-order chi connectivity index (χ1) is 10.6. The molecule has 0 bridgehead atoms. The fraction of sp³-hybridized carbons (Fsp3) is 0.700. The first-order valence-electron chi connectivity index (χ1n) is 8.43. The topological polar surface area (TPSA) is 43.4 Å². The van der Waals surface area contributed by atoms with Crippen molar-refractivity contribution in [3.05, 3.63) is 23.3 Å². The van der Waals surface area contributed by atoms with E-state index in [9.17, 15) is 9.59 Å². The average Bonchev–Trinajstić information content (AvgIpc) is 2.44. The molecule has 0 unspecified atom stereocenters. The van der Waals surface area contributed by atoms with E-state index in [2.05, 4.69) is 20.4 Å². The van der Waals surface area contributed by atoms with E-state index in [4.69, 9.17) is 12.6 Å². The second-order valence-corrected chi connectivity index (χ2v) is 8.14. The smallest absolute Gasteiger partial charge is 0.319 e. The summed E-state index contributed by atoms with van der Waals surface area (Å²) in [5.74, 6) is -0.724. The van der Waals surface area contributed by atoms with Crippen molar-refractivity contribution in [1.82, 2.24) is 0 Å². The Morgan fingerprint density at radius 2 is 1.38 bits per heavy atom. The molecular formula is C20H33BO3. The lowest BCUT2D eigenvalue weighted by Crippen LogP contribution is -2.41. The zero-order valence-electron chi connectivity index (χ0n) is 16.9. The highest BCUT2D eigenvalue weighted by molar-refractivity contribution is 6.12. The van der Waals surface area contributed by atoms with Crippen LogP contribution in [0.5, 0.6) is 0 Å². The van der Waals surface area contributed by atoms with Gasteiger partial charge in [0.25, 0.3) is 0 Å². The number of carbonyl (C=O) groups is 2. The van der Waals surface area contributed by atoms with Crippen LogP contribution in [0.25, 0.3) is 0 Å². The van der Waals surface area contributed by atoms with Crippen molar-refractivity contribution < 1.29 is 14.3 Å². The van der Waals surface area contributed by atoms with Crippen LogP contribution in [0.15, 0.2) is 23.3 Å². The molecule has 3 nitrogen and oxygen atoms in total. The Bertz CT molecular complexity index is 551. The highest BCUT2D eigenvalue weighted by Gasteiger charge is 2.40. The van der Waals surface area contributed by atoms with Crippen molar-refractivity contribution in [3.63, 3.8) is 0 Å². The monoisotopic (exact) mass is 332 g/mol. The molecule has 0 atom stereocenters. The van der Waals surface area contributed by atoms with E-state index < -0.39 is 17.0 Å². The van der Waals surface area contributed by atoms with E-state index in [-0.39, 0.29) is 23.9 Å². The molecule has 134 valence electrons. The summed E-state index contributed by atoms with van der Waals surface area (Å²) in [6.07, 6.45) is 0.392. The highest BCUT2D eigenvalue weighted by Crippen LogP contribution is 2.39. The van der Waals surface area contributed by atoms with Gasteiger partial charge in [-0.2, -0.15) is 0 Å². The third-order valence-electron chi connectivity index (χ3n) is 5.40. The number of ketones is 1. The minimum Gasteiger partial charge on any atom is -0.454 e. The maximum absolute atomic E-state index is 12.6. The quantitative estimate of drug-likeness (QED) is 0.277. The summed E-state index contributed by atoms with van der Waals surface area (Å²) in [7, 11) is 5.43. The van der Waals surface area contributed by atoms with Crippen LogP contribution in [0, 0.1) is 10.8 Å². The van der Waals surface area contributed by atoms with Crippen LogP contribution in [0.2, 0.25) is 6.32 Å². The average molecular weight is 332 g/mol. The minimum atomic E-state index is -1.20. The number of hydrogen-bond donors (Lipinski definition) is 0. The zero-order chi connectivity index (χ0) is 19.5. The molecule has 0 aromatic rings. The van der Waals surface area contributed by atoms with Crippen LogP contribution >= 0.6 is 0 Å². The maximum atomic E-state index is 12.6. The summed E-state index contributed by atoms with van der Waals surface area (Å²) in [6.45, 7) is 21.1. The van der Waals surface area contributed by atoms with Gasteiger partial charge in [0.2, 0.25) is 0 Å². The molecule has 0 rings (SSSR count). The van der Waals surface area contributed by atoms with Crippen LogP contribution in [0.3, 0.4) is 0 Å². The summed E-state index contributed by atoms with van der Waals surface area (Å²) in [4.78, 5) is 24.7. The summed E-state index contributed by atoms with van der Waals surface area (Å²) in [6, 6.07) is 0. The van der Waals surface area contributed by atoms with Gasteiger partial charge in [-0.25, -0.2) is 0 Å². The van der Waals surface area contributed by atoms with Crippen molar-refractivity contribution in [1.29, 1.82) is 0 Å². The molecule has 0 N–H and O–H groups in total. The standard InChI is InChI=1S/C20H33BO3/c1-13(2)18(5,6)14(3)15(4)20(9,10)24-17(23)19(7,8)16(22)11-12-21/h1,11-12H2,2-10H3/b15-14-.